The van der Waals surface area contributed by atoms with E-state index in [1.54, 1.807) is 19.1 Å². The lowest BCUT2D eigenvalue weighted by Crippen LogP contribution is -2.37. The highest BCUT2D eigenvalue weighted by Crippen LogP contribution is 2.25. The van der Waals surface area contributed by atoms with Gasteiger partial charge in [0.1, 0.15) is 11.5 Å². The molecular weight excluding hydrogens is 320 g/mol. The number of hydrogen-bond donors (Lipinski definition) is 2. The van der Waals surface area contributed by atoms with Crippen LogP contribution in [0.3, 0.4) is 0 Å². The molecule has 0 radical (unpaired) electrons. The van der Waals surface area contributed by atoms with Crippen molar-refractivity contribution in [2.24, 2.45) is 5.73 Å². The van der Waals surface area contributed by atoms with E-state index in [1.165, 1.54) is 31.6 Å². The normalized spacial score (nSPS) is 15.0. The first-order chi connectivity index (χ1) is 12.0. The van der Waals surface area contributed by atoms with Gasteiger partial charge >= 0.3 is 0 Å². The zero-order chi connectivity index (χ0) is 18.2. The first-order valence-corrected chi connectivity index (χ1v) is 8.61. The topological polar surface area (TPSA) is 90.7 Å². The van der Waals surface area contributed by atoms with Crippen LogP contribution in [0.5, 0.6) is 11.5 Å². The van der Waals surface area contributed by atoms with Gasteiger partial charge < -0.3 is 20.5 Å². The minimum Gasteiger partial charge on any atom is -0.497 e. The molecule has 0 bridgehead atoms. The SMILES string of the molecule is COc1ccc(C(N)=O)c(O[C@H](C)C(=O)NCCC2=CCCCC2)c1. The molecule has 6 heteroatoms. The Morgan fingerprint density at radius 3 is 2.76 bits per heavy atom. The van der Waals surface area contributed by atoms with Crippen molar-refractivity contribution in [2.75, 3.05) is 13.7 Å². The van der Waals surface area contributed by atoms with E-state index < -0.39 is 12.0 Å². The zero-order valence-electron chi connectivity index (χ0n) is 14.8. The average Bonchev–Trinajstić information content (AvgIpc) is 2.62. The lowest BCUT2D eigenvalue weighted by molar-refractivity contribution is -0.127. The summed E-state index contributed by atoms with van der Waals surface area (Å²) in [5.74, 6) is -0.0783. The van der Waals surface area contributed by atoms with Crippen LogP contribution in [-0.2, 0) is 4.79 Å². The van der Waals surface area contributed by atoms with Gasteiger partial charge in [-0.3, -0.25) is 9.59 Å². The summed E-state index contributed by atoms with van der Waals surface area (Å²) in [5.41, 5.74) is 6.98. The van der Waals surface area contributed by atoms with Gasteiger partial charge in [-0.1, -0.05) is 11.6 Å². The molecule has 0 saturated carbocycles. The van der Waals surface area contributed by atoms with Crippen molar-refractivity contribution in [1.29, 1.82) is 0 Å². The number of rotatable bonds is 8. The van der Waals surface area contributed by atoms with Crippen molar-refractivity contribution < 1.29 is 19.1 Å². The Hall–Kier alpha value is -2.50. The maximum Gasteiger partial charge on any atom is 0.260 e. The maximum absolute atomic E-state index is 12.2. The Bertz CT molecular complexity index is 655. The first kappa shape index (κ1) is 18.8. The Morgan fingerprint density at radius 1 is 1.32 bits per heavy atom. The number of benzene rings is 1. The van der Waals surface area contributed by atoms with Crippen LogP contribution in [0.15, 0.2) is 29.8 Å². The van der Waals surface area contributed by atoms with Crippen molar-refractivity contribution in [3.8, 4) is 11.5 Å². The van der Waals surface area contributed by atoms with Crippen molar-refractivity contribution in [3.63, 3.8) is 0 Å². The van der Waals surface area contributed by atoms with Crippen LogP contribution in [0.1, 0.15) is 49.4 Å². The highest BCUT2D eigenvalue weighted by atomic mass is 16.5. The van der Waals surface area contributed by atoms with E-state index in [0.717, 1.165) is 19.3 Å². The molecule has 1 aliphatic rings. The van der Waals surface area contributed by atoms with E-state index in [4.69, 9.17) is 15.2 Å². The van der Waals surface area contributed by atoms with Gasteiger partial charge in [0, 0.05) is 12.6 Å². The van der Waals surface area contributed by atoms with E-state index in [0.29, 0.717) is 12.3 Å². The van der Waals surface area contributed by atoms with E-state index in [9.17, 15) is 9.59 Å². The summed E-state index contributed by atoms with van der Waals surface area (Å²) in [5, 5.41) is 2.88. The molecule has 1 aromatic rings. The van der Waals surface area contributed by atoms with E-state index >= 15 is 0 Å². The molecule has 1 atom stereocenters. The summed E-state index contributed by atoms with van der Waals surface area (Å²) < 4.78 is 10.8. The van der Waals surface area contributed by atoms with Gasteiger partial charge in [-0.25, -0.2) is 0 Å². The summed E-state index contributed by atoms with van der Waals surface area (Å²) in [6.45, 7) is 2.22. The van der Waals surface area contributed by atoms with Crippen LogP contribution in [0.25, 0.3) is 0 Å². The molecular formula is C19H26N2O4. The second kappa shape index (κ2) is 9.11. The average molecular weight is 346 g/mol. The van der Waals surface area contributed by atoms with Crippen molar-refractivity contribution in [2.45, 2.75) is 45.1 Å². The number of carbonyl (C=O) groups is 2. The number of methoxy groups -OCH3 is 1. The molecule has 2 amide bonds. The number of ether oxygens (including phenoxy) is 2. The number of nitrogens with one attached hydrogen (secondary N) is 1. The third-order valence-corrected chi connectivity index (χ3v) is 4.26. The minimum atomic E-state index is -0.745. The molecule has 6 nitrogen and oxygen atoms in total. The molecule has 0 unspecified atom stereocenters. The monoisotopic (exact) mass is 346 g/mol. The van der Waals surface area contributed by atoms with Gasteiger partial charge in [-0.05, 0) is 51.2 Å². The van der Waals surface area contributed by atoms with E-state index in [1.807, 2.05) is 0 Å². The van der Waals surface area contributed by atoms with E-state index in [-0.39, 0.29) is 17.2 Å². The minimum absolute atomic E-state index is 0.216. The molecule has 25 heavy (non-hydrogen) atoms. The van der Waals surface area contributed by atoms with Crippen LogP contribution in [0.4, 0.5) is 0 Å². The van der Waals surface area contributed by atoms with Crippen molar-refractivity contribution in [1.82, 2.24) is 5.32 Å². The molecule has 0 aliphatic heterocycles. The molecule has 1 aromatic carbocycles. The van der Waals surface area contributed by atoms with E-state index in [2.05, 4.69) is 11.4 Å². The number of allylic oxidation sites excluding steroid dienone is 1. The molecule has 0 aromatic heterocycles. The van der Waals surface area contributed by atoms with Crippen LogP contribution in [0.2, 0.25) is 0 Å². The second-order valence-electron chi connectivity index (χ2n) is 6.14. The Morgan fingerprint density at radius 2 is 2.12 bits per heavy atom. The summed E-state index contributed by atoms with van der Waals surface area (Å²) in [6.07, 6.45) is 7.12. The first-order valence-electron chi connectivity index (χ1n) is 8.61. The fourth-order valence-corrected chi connectivity index (χ4v) is 2.80. The quantitative estimate of drug-likeness (QED) is 0.708. The Kier molecular flexibility index (Phi) is 6.86. The smallest absolute Gasteiger partial charge is 0.260 e. The summed E-state index contributed by atoms with van der Waals surface area (Å²) in [7, 11) is 1.51. The van der Waals surface area contributed by atoms with Gasteiger partial charge in [0.15, 0.2) is 6.10 Å². The van der Waals surface area contributed by atoms with Crippen LogP contribution >= 0.6 is 0 Å². The highest BCUT2D eigenvalue weighted by molar-refractivity contribution is 5.96. The third-order valence-electron chi connectivity index (χ3n) is 4.26. The van der Waals surface area contributed by atoms with Gasteiger partial charge in [0.25, 0.3) is 11.8 Å². The van der Waals surface area contributed by atoms with Crippen molar-refractivity contribution in [3.05, 3.63) is 35.4 Å². The van der Waals surface area contributed by atoms with Gasteiger partial charge in [-0.2, -0.15) is 0 Å². The fourth-order valence-electron chi connectivity index (χ4n) is 2.80. The summed E-state index contributed by atoms with van der Waals surface area (Å²) >= 11 is 0. The predicted octanol–water partition coefficient (Wildman–Crippen LogP) is 2.57. The summed E-state index contributed by atoms with van der Waals surface area (Å²) in [4.78, 5) is 23.7. The molecule has 0 heterocycles. The third kappa shape index (κ3) is 5.52. The highest BCUT2D eigenvalue weighted by Gasteiger charge is 2.18. The van der Waals surface area contributed by atoms with Gasteiger partial charge in [-0.15, -0.1) is 0 Å². The zero-order valence-corrected chi connectivity index (χ0v) is 14.8. The van der Waals surface area contributed by atoms with Gasteiger partial charge in [0.05, 0.1) is 12.7 Å². The Labute approximate surface area is 148 Å². The van der Waals surface area contributed by atoms with Crippen LogP contribution < -0.4 is 20.5 Å². The number of hydrogen-bond acceptors (Lipinski definition) is 4. The Balaban J connectivity index is 1.91. The number of nitrogens with two attached hydrogens (primary N) is 1. The molecule has 2 rings (SSSR count). The molecule has 1 aliphatic carbocycles. The van der Waals surface area contributed by atoms with Crippen LogP contribution in [0, 0.1) is 0 Å². The largest absolute Gasteiger partial charge is 0.497 e. The lowest BCUT2D eigenvalue weighted by atomic mass is 9.97. The summed E-state index contributed by atoms with van der Waals surface area (Å²) in [6, 6.07) is 4.70. The second-order valence-corrected chi connectivity index (χ2v) is 6.14. The van der Waals surface area contributed by atoms with Crippen LogP contribution in [-0.4, -0.2) is 31.6 Å². The lowest BCUT2D eigenvalue weighted by Gasteiger charge is -2.18. The molecule has 0 spiro atoms. The maximum atomic E-state index is 12.2. The number of amides is 2. The van der Waals surface area contributed by atoms with Gasteiger partial charge in [0.2, 0.25) is 0 Å². The standard InChI is InChI=1S/C19H26N2O4/c1-13(19(23)21-11-10-14-6-4-3-5-7-14)25-17-12-15(24-2)8-9-16(17)18(20)22/h6,8-9,12-13H,3-5,7,10-11H2,1-2H3,(H2,20,22)(H,21,23)/t13-/m1/s1. The number of carbonyl (C=O) groups excluding carboxylic acids is 2. The molecule has 0 fully saturated rings. The molecule has 0 saturated heterocycles. The van der Waals surface area contributed by atoms with Crippen molar-refractivity contribution >= 4 is 11.8 Å². The number of primary amides is 1. The predicted molar refractivity (Wildman–Crippen MR) is 95.8 cm³/mol. The molecule has 3 N–H and O–H groups in total. The molecule has 136 valence electrons. The fraction of sp³-hybridized carbons (Fsp3) is 0.474.